The fraction of sp³-hybridized carbons (Fsp3) is 0.378. The Bertz CT molecular complexity index is 2350. The molecule has 19 heteroatoms. The van der Waals surface area contributed by atoms with Crippen molar-refractivity contribution in [1.82, 2.24) is 41.8 Å². The molecule has 2 saturated heterocycles. The highest BCUT2D eigenvalue weighted by Gasteiger charge is 2.41. The highest BCUT2D eigenvalue weighted by atomic mass is 16.3. The van der Waals surface area contributed by atoms with E-state index in [-0.39, 0.29) is 63.3 Å². The number of nitrogens with zero attached hydrogens (tertiary/aromatic N) is 2. The van der Waals surface area contributed by atoms with Crippen LogP contribution in [0.15, 0.2) is 90.1 Å². The minimum atomic E-state index is -1.44. The van der Waals surface area contributed by atoms with Gasteiger partial charge in [-0.15, -0.1) is 0 Å². The molecule has 3 heterocycles. The first-order valence-corrected chi connectivity index (χ1v) is 21.2. The largest absolute Gasteiger partial charge is 0.508 e. The number of carbonyl (C=O) groups excluding carboxylic acids is 7. The summed E-state index contributed by atoms with van der Waals surface area (Å²) in [5.74, 6) is -4.85. The zero-order valence-corrected chi connectivity index (χ0v) is 35.5. The van der Waals surface area contributed by atoms with Crippen LogP contribution in [0, 0.1) is 0 Å². The van der Waals surface area contributed by atoms with E-state index < -0.39 is 84.1 Å². The summed E-state index contributed by atoms with van der Waals surface area (Å²) in [5, 5.41) is 27.3. The molecule has 4 aromatic rings. The molecule has 1 aromatic heterocycles. The third-order valence-electron chi connectivity index (χ3n) is 11.2. The molecule has 2 aliphatic rings. The van der Waals surface area contributed by atoms with E-state index in [1.165, 1.54) is 24.0 Å². The fourth-order valence-corrected chi connectivity index (χ4v) is 8.00. The molecule has 3 aromatic carbocycles. The van der Waals surface area contributed by atoms with Crippen molar-refractivity contribution in [2.75, 3.05) is 19.6 Å². The average Bonchev–Trinajstić information content (AvgIpc) is 3.93. The molecule has 6 rings (SSSR count). The molecule has 7 amide bonds. The maximum Gasteiger partial charge on any atom is 0.247 e. The first kappa shape index (κ1) is 46.1. The number of hydrogen-bond donors (Lipinski definition) is 10. The van der Waals surface area contributed by atoms with E-state index in [1.807, 2.05) is 30.3 Å². The molecule has 6 atom stereocenters. The molecule has 0 saturated carbocycles. The minimum Gasteiger partial charge on any atom is -0.508 e. The molecular formula is C45H55N11O8. The van der Waals surface area contributed by atoms with Crippen molar-refractivity contribution in [2.24, 2.45) is 16.5 Å². The molecule has 2 aliphatic heterocycles. The van der Waals surface area contributed by atoms with Crippen LogP contribution in [0.1, 0.15) is 49.3 Å². The lowest BCUT2D eigenvalue weighted by Crippen LogP contribution is -2.62. The van der Waals surface area contributed by atoms with E-state index in [0.717, 1.165) is 16.5 Å². The van der Waals surface area contributed by atoms with Gasteiger partial charge in [0.2, 0.25) is 41.4 Å². The number of H-pyrrole nitrogens is 1. The number of nitrogens with one attached hydrogen (secondary N) is 7. The molecule has 64 heavy (non-hydrogen) atoms. The Hall–Kier alpha value is -7.44. The fourth-order valence-electron chi connectivity index (χ4n) is 8.00. The van der Waals surface area contributed by atoms with E-state index in [0.29, 0.717) is 17.5 Å². The summed E-state index contributed by atoms with van der Waals surface area (Å²) in [5.41, 5.74) is 13.9. The van der Waals surface area contributed by atoms with E-state index in [1.54, 1.807) is 42.6 Å². The number of phenolic OH excluding ortho intramolecular Hbond substituents is 1. The number of fused-ring (bicyclic) bond motifs is 2. The van der Waals surface area contributed by atoms with Gasteiger partial charge in [0.15, 0.2) is 5.96 Å². The molecule has 19 nitrogen and oxygen atoms in total. The van der Waals surface area contributed by atoms with Gasteiger partial charge < -0.3 is 58.4 Å². The van der Waals surface area contributed by atoms with Crippen LogP contribution in [0.4, 0.5) is 0 Å². The summed E-state index contributed by atoms with van der Waals surface area (Å²) < 4.78 is 0. The van der Waals surface area contributed by atoms with E-state index in [9.17, 15) is 38.7 Å². The molecule has 0 aliphatic carbocycles. The molecule has 0 spiro atoms. The van der Waals surface area contributed by atoms with Gasteiger partial charge in [-0.3, -0.25) is 38.6 Å². The monoisotopic (exact) mass is 877 g/mol. The number of para-hydroxylation sites is 1. The van der Waals surface area contributed by atoms with Crippen molar-refractivity contribution in [1.29, 1.82) is 0 Å². The van der Waals surface area contributed by atoms with E-state index in [4.69, 9.17) is 11.5 Å². The highest BCUT2D eigenvalue weighted by Crippen LogP contribution is 2.22. The number of guanidine groups is 1. The van der Waals surface area contributed by atoms with Gasteiger partial charge in [-0.25, -0.2) is 0 Å². The number of aromatic hydroxyl groups is 1. The van der Waals surface area contributed by atoms with Crippen molar-refractivity contribution in [3.8, 4) is 5.75 Å². The predicted molar refractivity (Wildman–Crippen MR) is 237 cm³/mol. The number of phenols is 1. The number of carbonyl (C=O) groups is 7. The summed E-state index contributed by atoms with van der Waals surface area (Å²) in [4.78, 5) is 107. The molecule has 338 valence electrons. The Morgan fingerprint density at radius 3 is 2.22 bits per heavy atom. The second-order valence-electron chi connectivity index (χ2n) is 16.0. The van der Waals surface area contributed by atoms with Gasteiger partial charge in [-0.2, -0.15) is 0 Å². The van der Waals surface area contributed by atoms with Crippen LogP contribution in [0.25, 0.3) is 10.9 Å². The van der Waals surface area contributed by atoms with Crippen LogP contribution >= 0.6 is 0 Å². The van der Waals surface area contributed by atoms with E-state index in [2.05, 4.69) is 41.9 Å². The van der Waals surface area contributed by atoms with Crippen molar-refractivity contribution < 1.29 is 38.7 Å². The normalized spacial score (nSPS) is 21.4. The van der Waals surface area contributed by atoms with Crippen LogP contribution in [0.5, 0.6) is 5.75 Å². The van der Waals surface area contributed by atoms with Crippen LogP contribution in [0.3, 0.4) is 0 Å². The van der Waals surface area contributed by atoms with Crippen molar-refractivity contribution in [2.45, 2.75) is 88.1 Å². The van der Waals surface area contributed by atoms with Gasteiger partial charge in [0, 0.05) is 62.9 Å². The number of aromatic nitrogens is 1. The van der Waals surface area contributed by atoms with E-state index >= 15 is 0 Å². The Balaban J connectivity index is 1.37. The summed E-state index contributed by atoms with van der Waals surface area (Å²) >= 11 is 0. The third kappa shape index (κ3) is 12.4. The molecule has 2 unspecified atom stereocenters. The molecule has 0 bridgehead atoms. The summed E-state index contributed by atoms with van der Waals surface area (Å²) in [6.07, 6.45) is 2.66. The average molecular weight is 878 g/mol. The first-order chi connectivity index (χ1) is 30.7. The van der Waals surface area contributed by atoms with Gasteiger partial charge in [0.25, 0.3) is 0 Å². The van der Waals surface area contributed by atoms with Crippen LogP contribution < -0.4 is 43.4 Å². The lowest BCUT2D eigenvalue weighted by molar-refractivity contribution is -0.143. The molecule has 0 radical (unpaired) electrons. The number of rotatable bonds is 13. The number of benzene rings is 3. The topological polar surface area (TPSA) is 295 Å². The molecule has 2 fully saturated rings. The lowest BCUT2D eigenvalue weighted by atomic mass is 10.0. The first-order valence-electron chi connectivity index (χ1n) is 21.2. The van der Waals surface area contributed by atoms with Gasteiger partial charge >= 0.3 is 0 Å². The maximum atomic E-state index is 14.6. The Kier molecular flexibility index (Phi) is 15.5. The highest BCUT2D eigenvalue weighted by molar-refractivity contribution is 5.98. The van der Waals surface area contributed by atoms with Gasteiger partial charge in [-0.1, -0.05) is 60.7 Å². The quantitative estimate of drug-likeness (QED) is 0.0468. The van der Waals surface area contributed by atoms with Crippen molar-refractivity contribution in [3.63, 3.8) is 0 Å². The number of nitrogens with two attached hydrogens (primary N) is 2. The van der Waals surface area contributed by atoms with Crippen LogP contribution in [0.2, 0.25) is 0 Å². The standard InChI is InChI=1S/C45H55N11O8/c1-26(57)51-34(21-27-9-3-2-4-10-27)40(60)55-37-25-50-39(59)33(13-7-19-48-45(46)47)52-42(62)36(23-29-24-49-32-12-6-5-11-31(29)32)53-41(61)35(22-28-15-17-30(58)18-16-28)54-43(63)38-14-8-20-56(38)44(37)64/h2-6,9-12,15-18,24,33-38,49,58H,7-8,13-14,19-23,25H2,1H3,(H,50,59)(H,51,57)(H,52,62)(H,53,61)(H,54,63)(H,55,60)(H4,46,47,48)/t33-,34-,35+,36-,37?,38?/m0/s1. The molecule has 12 N–H and O–H groups in total. The van der Waals surface area contributed by atoms with Crippen LogP contribution in [-0.4, -0.2) is 118 Å². The Labute approximate surface area is 369 Å². The number of hydrogen-bond acceptors (Lipinski definition) is 9. The zero-order chi connectivity index (χ0) is 45.8. The van der Waals surface area contributed by atoms with Crippen LogP contribution in [-0.2, 0) is 52.8 Å². The second kappa shape index (κ2) is 21.6. The van der Waals surface area contributed by atoms with Gasteiger partial charge in [-0.05, 0) is 60.6 Å². The predicted octanol–water partition coefficient (Wildman–Crippen LogP) is -0.480. The number of aliphatic imine (C=N–C) groups is 1. The smallest absolute Gasteiger partial charge is 0.247 e. The number of amides is 7. The van der Waals surface area contributed by atoms with Gasteiger partial charge in [0.05, 0.1) is 0 Å². The van der Waals surface area contributed by atoms with Gasteiger partial charge in [0.1, 0.15) is 42.0 Å². The lowest BCUT2D eigenvalue weighted by Gasteiger charge is -2.32. The summed E-state index contributed by atoms with van der Waals surface area (Å²) in [6, 6.07) is 15.1. The third-order valence-corrected chi connectivity index (χ3v) is 11.2. The second-order valence-corrected chi connectivity index (χ2v) is 16.0. The Morgan fingerprint density at radius 1 is 0.828 bits per heavy atom. The number of aromatic amines is 1. The maximum absolute atomic E-state index is 14.6. The SMILES string of the molecule is CC(=O)N[C@@H](Cc1ccccc1)C(=O)NC1CNC(=O)[C@H](CCCN=C(N)N)NC(=O)[C@H](Cc2c[nH]c3ccccc23)NC(=O)[C@@H](Cc2ccc(O)cc2)NC(=O)C2CCCN2C1=O. The van der Waals surface area contributed by atoms with Crippen molar-refractivity contribution >= 4 is 58.2 Å². The summed E-state index contributed by atoms with van der Waals surface area (Å²) in [6.45, 7) is 1.06. The van der Waals surface area contributed by atoms with Crippen molar-refractivity contribution in [3.05, 3.63) is 102 Å². The molecular weight excluding hydrogens is 823 g/mol. The minimum absolute atomic E-state index is 0.00667. The summed E-state index contributed by atoms with van der Waals surface area (Å²) in [7, 11) is 0. The Morgan fingerprint density at radius 2 is 1.50 bits per heavy atom. The zero-order valence-electron chi connectivity index (χ0n) is 35.5.